The Morgan fingerprint density at radius 2 is 1.83 bits per heavy atom. The van der Waals surface area contributed by atoms with Gasteiger partial charge in [0.1, 0.15) is 12.4 Å². The summed E-state index contributed by atoms with van der Waals surface area (Å²) in [5.74, 6) is 1.75. The summed E-state index contributed by atoms with van der Waals surface area (Å²) in [5, 5.41) is 2.62. The molecule has 3 fully saturated rings. The van der Waals surface area contributed by atoms with Gasteiger partial charge in [-0.25, -0.2) is 0 Å². The first kappa shape index (κ1) is 18.7. The lowest BCUT2D eigenvalue weighted by Crippen LogP contribution is -2.43. The van der Waals surface area contributed by atoms with Crippen molar-refractivity contribution in [1.82, 2.24) is 9.47 Å². The van der Waals surface area contributed by atoms with E-state index in [1.54, 1.807) is 5.57 Å². The zero-order valence-electron chi connectivity index (χ0n) is 17.1. The number of rotatable bonds is 7. The Bertz CT molecular complexity index is 1030. The van der Waals surface area contributed by atoms with Crippen LogP contribution in [-0.4, -0.2) is 42.3 Å². The highest BCUT2D eigenvalue weighted by molar-refractivity contribution is 6.08. The molecule has 0 atom stereocenters. The maximum Gasteiger partial charge on any atom is 0.121 e. The Kier molecular flexibility index (Phi) is 5.30. The highest BCUT2D eigenvalue weighted by atomic mass is 16.5. The van der Waals surface area contributed by atoms with Gasteiger partial charge in [0, 0.05) is 35.4 Å². The van der Waals surface area contributed by atoms with E-state index in [9.17, 15) is 0 Å². The first-order chi connectivity index (χ1) is 14.3. The van der Waals surface area contributed by atoms with Gasteiger partial charge < -0.3 is 15.0 Å². The maximum absolute atomic E-state index is 6.17. The summed E-state index contributed by atoms with van der Waals surface area (Å²) in [6.07, 6.45) is 7.12. The Hall–Kier alpha value is -2.30. The predicted molar refractivity (Wildman–Crippen MR) is 120 cm³/mol. The van der Waals surface area contributed by atoms with Crippen molar-refractivity contribution in [2.75, 3.05) is 32.8 Å². The molecule has 3 saturated heterocycles. The molecule has 0 amide bonds. The molecular weight excluding hydrogens is 358 g/mol. The van der Waals surface area contributed by atoms with Crippen molar-refractivity contribution in [1.29, 1.82) is 0 Å². The number of ether oxygens (including phenoxy) is 1. The first-order valence-corrected chi connectivity index (χ1v) is 11.1. The lowest BCUT2D eigenvalue weighted by atomic mass is 9.84. The zero-order chi connectivity index (χ0) is 19.6. The third-order valence-corrected chi connectivity index (χ3v) is 6.69. The number of fused-ring (bicyclic) bond motifs is 6. The fourth-order valence-corrected chi connectivity index (χ4v) is 5.10. The predicted octanol–water partition coefficient (Wildman–Crippen LogP) is 4.56. The molecule has 4 heterocycles. The molecule has 6 rings (SSSR count). The fourth-order valence-electron chi connectivity index (χ4n) is 5.10. The van der Waals surface area contributed by atoms with Crippen LogP contribution in [0.5, 0.6) is 5.75 Å². The van der Waals surface area contributed by atoms with Crippen LogP contribution in [0.4, 0.5) is 0 Å². The molecule has 1 aromatic heterocycles. The molecule has 3 aliphatic heterocycles. The Morgan fingerprint density at radius 1 is 1.00 bits per heavy atom. The monoisotopic (exact) mass is 389 g/mol. The number of piperidine rings is 3. The zero-order valence-corrected chi connectivity index (χ0v) is 17.1. The average molecular weight is 390 g/mol. The molecule has 0 radical (unpaired) electrons. The van der Waals surface area contributed by atoms with Gasteiger partial charge in [0.15, 0.2) is 0 Å². The average Bonchev–Trinajstić information content (AvgIpc) is 3.08. The van der Waals surface area contributed by atoms with Crippen LogP contribution in [0.15, 0.2) is 54.1 Å². The molecule has 4 nitrogen and oxygen atoms in total. The van der Waals surface area contributed by atoms with E-state index in [2.05, 4.69) is 58.0 Å². The summed E-state index contributed by atoms with van der Waals surface area (Å²) in [4.78, 5) is 2.57. The van der Waals surface area contributed by atoms with Crippen LogP contribution in [0.1, 0.15) is 25.7 Å². The van der Waals surface area contributed by atoms with E-state index >= 15 is 0 Å². The largest absolute Gasteiger partial charge is 0.489 e. The number of nitrogens with zero attached hydrogens (tertiary/aromatic N) is 2. The van der Waals surface area contributed by atoms with Crippen LogP contribution in [0.2, 0.25) is 0 Å². The number of para-hydroxylation sites is 1. The lowest BCUT2D eigenvalue weighted by molar-refractivity contribution is 0.160. The highest BCUT2D eigenvalue weighted by Gasteiger charge is 2.28. The Labute approximate surface area is 172 Å². The van der Waals surface area contributed by atoms with E-state index in [1.807, 2.05) is 0 Å². The van der Waals surface area contributed by atoms with Gasteiger partial charge in [-0.3, -0.25) is 4.90 Å². The van der Waals surface area contributed by atoms with Crippen LogP contribution in [0.25, 0.3) is 21.8 Å². The molecular formula is C25H31N3O. The number of nitrogens with two attached hydrogens (primary N) is 1. The molecule has 2 bridgehead atoms. The third kappa shape index (κ3) is 3.67. The van der Waals surface area contributed by atoms with Gasteiger partial charge in [-0.1, -0.05) is 23.8 Å². The maximum atomic E-state index is 6.17. The number of unbranched alkanes of at least 4 members (excludes halogenated alkanes) is 1. The molecule has 0 aliphatic carbocycles. The number of benzene rings is 2. The highest BCUT2D eigenvalue weighted by Crippen LogP contribution is 2.33. The van der Waals surface area contributed by atoms with Gasteiger partial charge in [-0.05, 0) is 75.5 Å². The van der Waals surface area contributed by atoms with Gasteiger partial charge in [0.05, 0.1) is 5.52 Å². The number of aryl methyl sites for hydroxylation is 1. The minimum atomic E-state index is 0.665. The van der Waals surface area contributed by atoms with E-state index in [-0.39, 0.29) is 0 Å². The molecule has 2 aromatic carbocycles. The van der Waals surface area contributed by atoms with Crippen LogP contribution >= 0.6 is 0 Å². The lowest BCUT2D eigenvalue weighted by Gasteiger charge is -2.41. The first-order valence-electron chi connectivity index (χ1n) is 11.1. The Morgan fingerprint density at radius 3 is 2.62 bits per heavy atom. The van der Waals surface area contributed by atoms with Crippen molar-refractivity contribution in [2.45, 2.75) is 32.2 Å². The molecule has 29 heavy (non-hydrogen) atoms. The quantitative estimate of drug-likeness (QED) is 0.476. The van der Waals surface area contributed by atoms with Crippen LogP contribution in [0, 0.1) is 5.92 Å². The van der Waals surface area contributed by atoms with E-state index < -0.39 is 0 Å². The SMILES string of the molecule is NCCCCn1c2ccccc2c2ccc(OCC=C3CN4CCC3CC4)cc21. The second-order valence-corrected chi connectivity index (χ2v) is 8.48. The minimum Gasteiger partial charge on any atom is -0.489 e. The van der Waals surface area contributed by atoms with Crippen molar-refractivity contribution in [3.63, 3.8) is 0 Å². The van der Waals surface area contributed by atoms with Crippen molar-refractivity contribution in [2.24, 2.45) is 11.7 Å². The van der Waals surface area contributed by atoms with Gasteiger partial charge in [-0.15, -0.1) is 0 Å². The summed E-state index contributed by atoms with van der Waals surface area (Å²) < 4.78 is 8.60. The molecule has 152 valence electrons. The van der Waals surface area contributed by atoms with E-state index in [0.29, 0.717) is 6.61 Å². The molecule has 4 heteroatoms. The van der Waals surface area contributed by atoms with Crippen molar-refractivity contribution in [3.8, 4) is 5.75 Å². The smallest absolute Gasteiger partial charge is 0.121 e. The van der Waals surface area contributed by atoms with Crippen molar-refractivity contribution >= 4 is 21.8 Å². The van der Waals surface area contributed by atoms with Crippen LogP contribution in [-0.2, 0) is 6.54 Å². The molecule has 3 aliphatic rings. The second kappa shape index (κ2) is 8.21. The number of aromatic nitrogens is 1. The van der Waals surface area contributed by atoms with Crippen molar-refractivity contribution in [3.05, 3.63) is 54.1 Å². The Balaban J connectivity index is 1.39. The summed E-state index contributed by atoms with van der Waals surface area (Å²) in [6.45, 7) is 6.09. The normalized spacial score (nSPS) is 22.7. The van der Waals surface area contributed by atoms with Gasteiger partial charge in [-0.2, -0.15) is 0 Å². The molecule has 0 spiro atoms. The number of hydrogen-bond donors (Lipinski definition) is 1. The standard InChI is InChI=1S/C25H31N3O/c26-12-3-4-13-28-24-6-2-1-5-22(24)23-8-7-21(17-25(23)28)29-16-11-20-18-27-14-9-19(20)10-15-27/h1-2,5-8,11,17,19H,3-4,9-10,12-16,18,26H2. The van der Waals surface area contributed by atoms with E-state index in [4.69, 9.17) is 10.5 Å². The molecule has 0 unspecified atom stereocenters. The summed E-state index contributed by atoms with van der Waals surface area (Å²) in [7, 11) is 0. The van der Waals surface area contributed by atoms with E-state index in [1.165, 1.54) is 47.7 Å². The van der Waals surface area contributed by atoms with Gasteiger partial charge >= 0.3 is 0 Å². The molecule has 3 aromatic rings. The van der Waals surface area contributed by atoms with Crippen molar-refractivity contribution < 1.29 is 4.74 Å². The fraction of sp³-hybridized carbons (Fsp3) is 0.440. The topological polar surface area (TPSA) is 43.4 Å². The van der Waals surface area contributed by atoms with Crippen LogP contribution < -0.4 is 10.5 Å². The number of hydrogen-bond acceptors (Lipinski definition) is 3. The van der Waals surface area contributed by atoms with E-state index in [0.717, 1.165) is 44.1 Å². The second-order valence-electron chi connectivity index (χ2n) is 8.48. The van der Waals surface area contributed by atoms with Gasteiger partial charge in [0.2, 0.25) is 0 Å². The summed E-state index contributed by atoms with van der Waals surface area (Å²) in [5.41, 5.74) is 9.86. The third-order valence-electron chi connectivity index (χ3n) is 6.69. The van der Waals surface area contributed by atoms with Crippen LogP contribution in [0.3, 0.4) is 0 Å². The minimum absolute atomic E-state index is 0.665. The van der Waals surface area contributed by atoms with Gasteiger partial charge in [0.25, 0.3) is 0 Å². The molecule has 2 N–H and O–H groups in total. The summed E-state index contributed by atoms with van der Waals surface area (Å²) in [6, 6.07) is 15.2. The summed E-state index contributed by atoms with van der Waals surface area (Å²) >= 11 is 0. The molecule has 0 saturated carbocycles.